The highest BCUT2D eigenvalue weighted by atomic mass is 35.5. The van der Waals surface area contributed by atoms with E-state index in [2.05, 4.69) is 42.2 Å². The third kappa shape index (κ3) is 3.11. The number of benzene rings is 2. The molecule has 5 aliphatic rings. The van der Waals surface area contributed by atoms with E-state index in [4.69, 9.17) is 9.47 Å². The molecular formula is C29H34ClNO4. The second kappa shape index (κ2) is 8.22. The fraction of sp³-hybridized carbons (Fsp3) is 0.552. The lowest BCUT2D eigenvalue weighted by molar-refractivity contribution is -0.234. The number of ketones is 1. The van der Waals surface area contributed by atoms with Crippen molar-refractivity contribution in [2.45, 2.75) is 81.1 Å². The Kier molecular flexibility index (Phi) is 5.48. The summed E-state index contributed by atoms with van der Waals surface area (Å²) in [5.41, 5.74) is 2.44. The Morgan fingerprint density at radius 1 is 1.17 bits per heavy atom. The van der Waals surface area contributed by atoms with Gasteiger partial charge >= 0.3 is 0 Å². The van der Waals surface area contributed by atoms with Gasteiger partial charge in [-0.25, -0.2) is 0 Å². The summed E-state index contributed by atoms with van der Waals surface area (Å²) in [5.74, 6) is 1.63. The minimum absolute atomic E-state index is 0. The van der Waals surface area contributed by atoms with E-state index < -0.39 is 17.1 Å². The molecule has 2 heterocycles. The minimum atomic E-state index is -0.567. The van der Waals surface area contributed by atoms with Gasteiger partial charge in [0.05, 0.1) is 17.1 Å². The highest BCUT2D eigenvalue weighted by Gasteiger charge is 2.74. The lowest BCUT2D eigenvalue weighted by Crippen LogP contribution is -2.77. The summed E-state index contributed by atoms with van der Waals surface area (Å²) < 4.78 is 13.8. The minimum Gasteiger partial charge on any atom is -0.504 e. The van der Waals surface area contributed by atoms with Gasteiger partial charge in [-0.05, 0) is 68.2 Å². The number of piperidine rings is 1. The second-order valence-corrected chi connectivity index (χ2v) is 11.1. The van der Waals surface area contributed by atoms with Gasteiger partial charge in [-0.1, -0.05) is 43.3 Å². The fourth-order valence-electron chi connectivity index (χ4n) is 7.78. The molecule has 0 amide bonds. The zero-order chi connectivity index (χ0) is 23.1. The van der Waals surface area contributed by atoms with Gasteiger partial charge in [0.15, 0.2) is 23.4 Å². The lowest BCUT2D eigenvalue weighted by Gasteiger charge is -2.65. The quantitative estimate of drug-likeness (QED) is 0.602. The molecule has 1 N–H and O–H groups in total. The molecule has 1 saturated heterocycles. The molecule has 35 heavy (non-hydrogen) atoms. The first-order valence-corrected chi connectivity index (χ1v) is 13.1. The molecule has 5 atom stereocenters. The van der Waals surface area contributed by atoms with Crippen molar-refractivity contribution in [3.8, 4) is 11.5 Å². The van der Waals surface area contributed by atoms with Crippen molar-refractivity contribution >= 4 is 18.2 Å². The zero-order valence-corrected chi connectivity index (χ0v) is 21.1. The maximum Gasteiger partial charge on any atom is 0.174 e. The molecule has 5 nitrogen and oxygen atoms in total. The molecule has 2 aromatic rings. The van der Waals surface area contributed by atoms with Crippen LogP contribution in [0.5, 0.6) is 11.5 Å². The maximum absolute atomic E-state index is 13.4. The Bertz CT molecular complexity index is 1150. The molecule has 2 bridgehead atoms. The number of halogens is 1. The number of Topliss-reactive ketones (excluding diaryl/α,β-unsaturated/α-hetero) is 1. The van der Waals surface area contributed by atoms with Crippen molar-refractivity contribution in [1.82, 2.24) is 4.90 Å². The summed E-state index contributed by atoms with van der Waals surface area (Å²) in [6.45, 7) is 4.26. The van der Waals surface area contributed by atoms with Crippen molar-refractivity contribution in [1.29, 1.82) is 0 Å². The molecule has 0 radical (unpaired) electrons. The molecular weight excluding hydrogens is 462 g/mol. The van der Waals surface area contributed by atoms with E-state index in [1.54, 1.807) is 6.07 Å². The van der Waals surface area contributed by atoms with Crippen LogP contribution in [0.3, 0.4) is 0 Å². The van der Waals surface area contributed by atoms with E-state index in [1.165, 1.54) is 24.0 Å². The molecule has 2 saturated carbocycles. The molecule has 186 valence electrons. The van der Waals surface area contributed by atoms with Crippen molar-refractivity contribution < 1.29 is 19.4 Å². The first-order valence-electron chi connectivity index (χ1n) is 13.1. The van der Waals surface area contributed by atoms with E-state index in [9.17, 15) is 9.90 Å². The van der Waals surface area contributed by atoms with E-state index in [0.717, 1.165) is 50.3 Å². The number of carbonyl (C=O) groups excluding carboxylic acids is 1. The van der Waals surface area contributed by atoms with Crippen LogP contribution in [0.25, 0.3) is 0 Å². The van der Waals surface area contributed by atoms with Gasteiger partial charge in [-0.15, -0.1) is 12.4 Å². The number of phenolic OH excluding ortho intramolecular Hbond substituents is 1. The summed E-state index contributed by atoms with van der Waals surface area (Å²) in [5, 5.41) is 10.8. The monoisotopic (exact) mass is 495 g/mol. The van der Waals surface area contributed by atoms with Crippen LogP contribution in [0, 0.1) is 5.92 Å². The highest BCUT2D eigenvalue weighted by molar-refractivity contribution is 5.90. The first kappa shape index (κ1) is 23.3. The molecule has 7 rings (SSSR count). The normalized spacial score (nSPS) is 33.5. The number of ether oxygens (including phenoxy) is 2. The summed E-state index contributed by atoms with van der Waals surface area (Å²) in [4.78, 5) is 16.1. The summed E-state index contributed by atoms with van der Waals surface area (Å²) >= 11 is 0. The molecule has 2 aromatic carbocycles. The van der Waals surface area contributed by atoms with Crippen LogP contribution >= 0.6 is 12.4 Å². The summed E-state index contributed by atoms with van der Waals surface area (Å²) in [6, 6.07) is 14.5. The Morgan fingerprint density at radius 3 is 2.71 bits per heavy atom. The Hall–Kier alpha value is -2.08. The Morgan fingerprint density at radius 2 is 1.97 bits per heavy atom. The average molecular weight is 496 g/mol. The predicted molar refractivity (Wildman–Crippen MR) is 135 cm³/mol. The van der Waals surface area contributed by atoms with Gasteiger partial charge in [0, 0.05) is 24.6 Å². The zero-order valence-electron chi connectivity index (χ0n) is 20.2. The van der Waals surface area contributed by atoms with Gasteiger partial charge in [0.2, 0.25) is 0 Å². The molecule has 0 aromatic heterocycles. The average Bonchev–Trinajstić information content (AvgIpc) is 3.60. The summed E-state index contributed by atoms with van der Waals surface area (Å²) in [6.07, 6.45) is 5.81. The fourth-order valence-corrected chi connectivity index (χ4v) is 7.78. The molecule has 2 unspecified atom stereocenters. The van der Waals surface area contributed by atoms with Crippen LogP contribution in [0.15, 0.2) is 42.5 Å². The van der Waals surface area contributed by atoms with Gasteiger partial charge < -0.3 is 14.6 Å². The number of carbonyl (C=O) groups is 1. The Balaban J connectivity index is 0.00000229. The smallest absolute Gasteiger partial charge is 0.174 e. The number of phenols is 1. The van der Waals surface area contributed by atoms with Gasteiger partial charge in [0.1, 0.15) is 0 Å². The van der Waals surface area contributed by atoms with E-state index in [0.29, 0.717) is 12.2 Å². The first-order chi connectivity index (χ1) is 16.6. The van der Waals surface area contributed by atoms with Crippen molar-refractivity contribution in [2.24, 2.45) is 5.92 Å². The van der Waals surface area contributed by atoms with Gasteiger partial charge in [-0.2, -0.15) is 0 Å². The molecule has 1 spiro atoms. The predicted octanol–water partition coefficient (Wildman–Crippen LogP) is 5.12. The van der Waals surface area contributed by atoms with Gasteiger partial charge in [0.25, 0.3) is 0 Å². The van der Waals surface area contributed by atoms with Crippen LogP contribution in [0.1, 0.15) is 68.2 Å². The number of hydrogen-bond donors (Lipinski definition) is 1. The molecule has 2 aliphatic heterocycles. The lowest BCUT2D eigenvalue weighted by atomic mass is 9.48. The van der Waals surface area contributed by atoms with Crippen molar-refractivity contribution in [3.05, 3.63) is 59.2 Å². The third-order valence-electron chi connectivity index (χ3n) is 9.41. The highest BCUT2D eigenvalue weighted by Crippen LogP contribution is 2.67. The second-order valence-electron chi connectivity index (χ2n) is 11.1. The standard InChI is InChI=1S/C29H33NO4.ClH/c1-2-23(19-6-4-3-5-7-19)34-29-13-12-22(32)27-28(29)14-15-30(17-18-8-9-18)24(29)16-20-10-11-21(31)26(33-27)25(20)28;/h3-7,10-11,18,23-24,27,31H,2,8-9,12-17H2,1H3;1H/t23?,24-,27?,28+,29-;/m1./s1. The van der Waals surface area contributed by atoms with Crippen LogP contribution < -0.4 is 4.74 Å². The number of aromatic hydroxyl groups is 1. The van der Waals surface area contributed by atoms with E-state index in [-0.39, 0.29) is 36.1 Å². The topological polar surface area (TPSA) is 59.0 Å². The van der Waals surface area contributed by atoms with Crippen LogP contribution in [0.4, 0.5) is 0 Å². The number of likely N-dealkylation sites (tertiary alicyclic amines) is 1. The molecule has 3 fully saturated rings. The number of nitrogens with zero attached hydrogens (tertiary/aromatic N) is 1. The maximum atomic E-state index is 13.4. The molecule has 3 aliphatic carbocycles. The van der Waals surface area contributed by atoms with Crippen LogP contribution in [0.2, 0.25) is 0 Å². The molecule has 6 heteroatoms. The van der Waals surface area contributed by atoms with Crippen LogP contribution in [-0.2, 0) is 21.4 Å². The van der Waals surface area contributed by atoms with Crippen molar-refractivity contribution in [3.63, 3.8) is 0 Å². The van der Waals surface area contributed by atoms with Crippen molar-refractivity contribution in [2.75, 3.05) is 13.1 Å². The van der Waals surface area contributed by atoms with E-state index in [1.807, 2.05) is 6.07 Å². The summed E-state index contributed by atoms with van der Waals surface area (Å²) in [7, 11) is 0. The largest absolute Gasteiger partial charge is 0.504 e. The number of rotatable bonds is 6. The van der Waals surface area contributed by atoms with E-state index >= 15 is 0 Å². The van der Waals surface area contributed by atoms with Crippen LogP contribution in [-0.4, -0.2) is 46.6 Å². The Labute approximate surface area is 213 Å². The SMILES string of the molecule is CCC(O[C@@]12CCC(=O)C3Oc4c(O)ccc5c4[C@@]31CCN(CC1CC1)[C@@H]2C5)c1ccccc1.Cl. The number of hydrogen-bond acceptors (Lipinski definition) is 5. The third-order valence-corrected chi connectivity index (χ3v) is 9.41. The van der Waals surface area contributed by atoms with Gasteiger partial charge in [-0.3, -0.25) is 9.69 Å².